The zero-order chi connectivity index (χ0) is 14.5. The molecule has 0 aliphatic rings. The third-order valence-electron chi connectivity index (χ3n) is 2.74. The molecule has 0 aliphatic heterocycles. The molecule has 1 aromatic heterocycles. The predicted octanol–water partition coefficient (Wildman–Crippen LogP) is 1.42. The number of nitro groups is 1. The van der Waals surface area contributed by atoms with Gasteiger partial charge in [0.2, 0.25) is 12.2 Å². The van der Waals surface area contributed by atoms with E-state index in [0.29, 0.717) is 6.54 Å². The largest absolute Gasteiger partial charge is 0.381 e. The number of hydrogen-bond acceptors (Lipinski definition) is 4. The number of imidazole rings is 1. The minimum Gasteiger partial charge on any atom is -0.358 e. The second-order valence-corrected chi connectivity index (χ2v) is 4.42. The van der Waals surface area contributed by atoms with Crippen molar-refractivity contribution >= 4 is 11.7 Å². The van der Waals surface area contributed by atoms with Crippen LogP contribution in [0.15, 0.2) is 36.8 Å². The van der Waals surface area contributed by atoms with Crippen LogP contribution in [0.1, 0.15) is 11.1 Å². The molecule has 104 valence electrons. The lowest BCUT2D eigenvalue weighted by molar-refractivity contribution is -0.389. The lowest BCUT2D eigenvalue weighted by atomic mass is 10.1. The Bertz CT molecular complexity index is 619. The predicted molar refractivity (Wildman–Crippen MR) is 71.9 cm³/mol. The monoisotopic (exact) mass is 274 g/mol. The van der Waals surface area contributed by atoms with Gasteiger partial charge in [-0.3, -0.25) is 4.79 Å². The molecule has 2 aromatic rings. The Morgan fingerprint density at radius 1 is 1.40 bits per heavy atom. The van der Waals surface area contributed by atoms with Gasteiger partial charge in [0.05, 0.1) is 0 Å². The SMILES string of the molecule is Cc1ccc(CNC(=O)Cn2cnc([N+](=O)[O-])c2)cc1. The summed E-state index contributed by atoms with van der Waals surface area (Å²) in [5.74, 6) is -0.491. The summed E-state index contributed by atoms with van der Waals surface area (Å²) in [6.45, 7) is 2.43. The molecule has 0 saturated heterocycles. The molecule has 0 radical (unpaired) electrons. The Morgan fingerprint density at radius 2 is 2.10 bits per heavy atom. The Kier molecular flexibility index (Phi) is 4.09. The van der Waals surface area contributed by atoms with E-state index in [1.165, 1.54) is 17.1 Å². The molecule has 0 bridgehead atoms. The van der Waals surface area contributed by atoms with E-state index in [2.05, 4.69) is 10.3 Å². The third kappa shape index (κ3) is 3.64. The highest BCUT2D eigenvalue weighted by Gasteiger charge is 2.11. The lowest BCUT2D eigenvalue weighted by Crippen LogP contribution is -2.26. The average Bonchev–Trinajstić information content (AvgIpc) is 2.87. The molecule has 0 aliphatic carbocycles. The van der Waals surface area contributed by atoms with Gasteiger partial charge < -0.3 is 20.0 Å². The van der Waals surface area contributed by atoms with Crippen LogP contribution in [0.3, 0.4) is 0 Å². The number of nitrogens with one attached hydrogen (secondary N) is 1. The van der Waals surface area contributed by atoms with Gasteiger partial charge in [-0.05, 0) is 22.4 Å². The van der Waals surface area contributed by atoms with Crippen LogP contribution in [0.2, 0.25) is 0 Å². The van der Waals surface area contributed by atoms with Crippen LogP contribution in [0.25, 0.3) is 0 Å². The third-order valence-corrected chi connectivity index (χ3v) is 2.74. The molecule has 7 nitrogen and oxygen atoms in total. The van der Waals surface area contributed by atoms with Crippen molar-refractivity contribution in [3.05, 3.63) is 58.0 Å². The highest BCUT2D eigenvalue weighted by atomic mass is 16.6. The van der Waals surface area contributed by atoms with Gasteiger partial charge in [-0.2, -0.15) is 0 Å². The molecule has 0 fully saturated rings. The first kappa shape index (κ1) is 13.7. The van der Waals surface area contributed by atoms with Crippen molar-refractivity contribution in [2.45, 2.75) is 20.0 Å². The Hall–Kier alpha value is -2.70. The Morgan fingerprint density at radius 3 is 2.70 bits per heavy atom. The fourth-order valence-electron chi connectivity index (χ4n) is 1.66. The van der Waals surface area contributed by atoms with Crippen molar-refractivity contribution in [2.24, 2.45) is 0 Å². The summed E-state index contributed by atoms with van der Waals surface area (Å²) >= 11 is 0. The topological polar surface area (TPSA) is 90.1 Å². The van der Waals surface area contributed by atoms with Crippen LogP contribution in [0.5, 0.6) is 0 Å². The Balaban J connectivity index is 1.85. The van der Waals surface area contributed by atoms with Crippen molar-refractivity contribution in [3.63, 3.8) is 0 Å². The summed E-state index contributed by atoms with van der Waals surface area (Å²) < 4.78 is 1.38. The number of amides is 1. The molecule has 1 N–H and O–H groups in total. The maximum Gasteiger partial charge on any atom is 0.381 e. The van der Waals surface area contributed by atoms with Crippen molar-refractivity contribution < 1.29 is 9.72 Å². The lowest BCUT2D eigenvalue weighted by Gasteiger charge is -2.05. The molecular formula is C13H14N4O3. The summed E-state index contributed by atoms with van der Waals surface area (Å²) in [6.07, 6.45) is 2.50. The minimum atomic E-state index is -0.597. The highest BCUT2D eigenvalue weighted by molar-refractivity contribution is 5.75. The highest BCUT2D eigenvalue weighted by Crippen LogP contribution is 2.05. The van der Waals surface area contributed by atoms with E-state index in [9.17, 15) is 14.9 Å². The second kappa shape index (κ2) is 5.96. The molecule has 0 unspecified atom stereocenters. The van der Waals surface area contributed by atoms with Crippen molar-refractivity contribution in [1.29, 1.82) is 0 Å². The van der Waals surface area contributed by atoms with Crippen LogP contribution < -0.4 is 5.32 Å². The minimum absolute atomic E-state index is 0.00665. The van der Waals surface area contributed by atoms with Crippen LogP contribution in [0, 0.1) is 17.0 Å². The van der Waals surface area contributed by atoms with E-state index in [-0.39, 0.29) is 18.3 Å². The maximum atomic E-state index is 11.7. The molecule has 0 atom stereocenters. The normalized spacial score (nSPS) is 10.2. The fourth-order valence-corrected chi connectivity index (χ4v) is 1.66. The number of carbonyl (C=O) groups is 1. The smallest absolute Gasteiger partial charge is 0.358 e. The number of aromatic nitrogens is 2. The van der Waals surface area contributed by atoms with Gasteiger partial charge in [-0.1, -0.05) is 29.8 Å². The molecule has 1 heterocycles. The first-order valence-electron chi connectivity index (χ1n) is 6.03. The molecule has 1 aromatic carbocycles. The Labute approximate surface area is 115 Å². The van der Waals surface area contributed by atoms with E-state index in [1.54, 1.807) is 0 Å². The van der Waals surface area contributed by atoms with E-state index in [1.807, 2.05) is 31.2 Å². The number of nitrogens with zero attached hydrogens (tertiary/aromatic N) is 3. The van der Waals surface area contributed by atoms with Crippen LogP contribution in [-0.4, -0.2) is 20.4 Å². The molecular weight excluding hydrogens is 260 g/mol. The number of benzene rings is 1. The van der Waals surface area contributed by atoms with E-state index in [0.717, 1.165) is 11.1 Å². The van der Waals surface area contributed by atoms with Gasteiger partial charge in [0.25, 0.3) is 0 Å². The molecule has 7 heteroatoms. The van der Waals surface area contributed by atoms with Gasteiger partial charge in [0.15, 0.2) is 0 Å². The van der Waals surface area contributed by atoms with Gasteiger partial charge in [0.1, 0.15) is 12.7 Å². The van der Waals surface area contributed by atoms with Gasteiger partial charge >= 0.3 is 5.82 Å². The second-order valence-electron chi connectivity index (χ2n) is 4.42. The number of aryl methyl sites for hydroxylation is 1. The quantitative estimate of drug-likeness (QED) is 0.659. The standard InChI is InChI=1S/C13H14N4O3/c1-10-2-4-11(5-3-10)6-14-13(18)8-16-7-12(15-9-16)17(19)20/h2-5,7,9H,6,8H2,1H3,(H,14,18). The molecule has 1 amide bonds. The molecule has 0 spiro atoms. The summed E-state index contributed by atoms with van der Waals surface area (Å²) in [4.78, 5) is 25.2. The summed E-state index contributed by atoms with van der Waals surface area (Å²) in [5.41, 5.74) is 2.16. The van der Waals surface area contributed by atoms with Gasteiger partial charge in [0, 0.05) is 6.54 Å². The number of hydrogen-bond donors (Lipinski definition) is 1. The zero-order valence-corrected chi connectivity index (χ0v) is 10.9. The summed E-state index contributed by atoms with van der Waals surface area (Å²) in [6, 6.07) is 7.83. The summed E-state index contributed by atoms with van der Waals surface area (Å²) in [7, 11) is 0. The van der Waals surface area contributed by atoms with Gasteiger partial charge in [-0.25, -0.2) is 0 Å². The van der Waals surface area contributed by atoms with Crippen LogP contribution in [-0.2, 0) is 17.9 Å². The average molecular weight is 274 g/mol. The van der Waals surface area contributed by atoms with E-state index < -0.39 is 4.92 Å². The van der Waals surface area contributed by atoms with Crippen molar-refractivity contribution in [1.82, 2.24) is 14.9 Å². The van der Waals surface area contributed by atoms with Crippen LogP contribution in [0.4, 0.5) is 5.82 Å². The van der Waals surface area contributed by atoms with Gasteiger partial charge in [-0.15, -0.1) is 0 Å². The molecule has 0 saturated carbocycles. The first-order valence-corrected chi connectivity index (χ1v) is 6.03. The molecule has 20 heavy (non-hydrogen) atoms. The summed E-state index contributed by atoms with van der Waals surface area (Å²) in [5, 5.41) is 13.2. The molecule has 2 rings (SSSR count). The maximum absolute atomic E-state index is 11.7. The van der Waals surface area contributed by atoms with Crippen molar-refractivity contribution in [3.8, 4) is 0 Å². The number of rotatable bonds is 5. The zero-order valence-electron chi connectivity index (χ0n) is 10.9. The van der Waals surface area contributed by atoms with E-state index >= 15 is 0 Å². The fraction of sp³-hybridized carbons (Fsp3) is 0.231. The van der Waals surface area contributed by atoms with E-state index in [4.69, 9.17) is 0 Å². The van der Waals surface area contributed by atoms with Crippen molar-refractivity contribution in [2.75, 3.05) is 0 Å². The first-order chi connectivity index (χ1) is 9.54. The van der Waals surface area contributed by atoms with Crippen LogP contribution >= 0.6 is 0 Å². The number of carbonyl (C=O) groups excluding carboxylic acids is 1.